The lowest BCUT2D eigenvalue weighted by Gasteiger charge is -2.18. The van der Waals surface area contributed by atoms with Crippen LogP contribution in [0.1, 0.15) is 37.7 Å². The Morgan fingerprint density at radius 1 is 1.21 bits per heavy atom. The zero-order valence-electron chi connectivity index (χ0n) is 15.9. The number of carboxylic acids is 1. The molecule has 0 amide bonds. The average Bonchev–Trinajstić information content (AvgIpc) is 3.29. The molecule has 1 heterocycles. The summed E-state index contributed by atoms with van der Waals surface area (Å²) in [5.41, 5.74) is 3.63. The molecule has 1 aliphatic rings. The number of benzene rings is 2. The molecule has 6 heteroatoms. The van der Waals surface area contributed by atoms with Crippen molar-refractivity contribution in [1.29, 1.82) is 0 Å². The highest BCUT2D eigenvalue weighted by Crippen LogP contribution is 2.37. The van der Waals surface area contributed by atoms with Gasteiger partial charge in [0.1, 0.15) is 5.75 Å². The van der Waals surface area contributed by atoms with Crippen molar-refractivity contribution in [3.05, 3.63) is 42.0 Å². The molecule has 0 saturated heterocycles. The van der Waals surface area contributed by atoms with E-state index in [-0.39, 0.29) is 18.4 Å². The van der Waals surface area contributed by atoms with E-state index in [4.69, 9.17) is 9.84 Å². The molecule has 0 bridgehead atoms. The molecule has 0 atom stereocenters. The highest BCUT2D eigenvalue weighted by Gasteiger charge is 2.19. The van der Waals surface area contributed by atoms with Crippen LogP contribution in [0.2, 0.25) is 0 Å². The van der Waals surface area contributed by atoms with Crippen LogP contribution in [-0.4, -0.2) is 32.1 Å². The van der Waals surface area contributed by atoms with Gasteiger partial charge in [-0.05, 0) is 67.5 Å². The Labute approximate surface area is 163 Å². The lowest BCUT2D eigenvalue weighted by Crippen LogP contribution is -2.11. The third-order valence-electron chi connectivity index (χ3n) is 5.41. The Kier molecular flexibility index (Phi) is 4.94. The van der Waals surface area contributed by atoms with E-state index in [0.29, 0.717) is 11.8 Å². The number of carboxylic acid groups (broad SMARTS) is 1. The summed E-state index contributed by atoms with van der Waals surface area (Å²) in [4.78, 5) is 10.9. The standard InChI is InChI=1S/C22H24N2O4/c1-24-19-9-8-15(13-18(19)22(27)23-24)17-12-14(7-11-21(25)26)6-10-20(17)28-16-4-2-3-5-16/h6,8-10,12-13,16H,2-5,7,11H2,1H3,(H,23,27)(H,25,26). The van der Waals surface area contributed by atoms with Gasteiger partial charge in [-0.1, -0.05) is 12.1 Å². The first-order valence-electron chi connectivity index (χ1n) is 9.69. The minimum absolute atomic E-state index is 0.000330. The molecule has 0 aliphatic heterocycles. The first-order chi connectivity index (χ1) is 13.5. The summed E-state index contributed by atoms with van der Waals surface area (Å²) < 4.78 is 7.94. The normalized spacial score (nSPS) is 14.6. The molecule has 2 N–H and O–H groups in total. The van der Waals surface area contributed by atoms with Crippen LogP contribution in [0.15, 0.2) is 36.4 Å². The Morgan fingerprint density at radius 2 is 2.00 bits per heavy atom. The van der Waals surface area contributed by atoms with Crippen molar-refractivity contribution in [2.24, 2.45) is 7.05 Å². The fourth-order valence-corrected chi connectivity index (χ4v) is 3.91. The van der Waals surface area contributed by atoms with Crippen LogP contribution in [0, 0.1) is 0 Å². The largest absolute Gasteiger partial charge is 0.492 e. The number of aromatic nitrogens is 2. The van der Waals surface area contributed by atoms with Gasteiger partial charge in [0.2, 0.25) is 5.88 Å². The maximum absolute atomic E-state index is 10.9. The molecule has 6 nitrogen and oxygen atoms in total. The number of ether oxygens (including phenoxy) is 1. The van der Waals surface area contributed by atoms with Crippen molar-refractivity contribution in [2.75, 3.05) is 0 Å². The smallest absolute Gasteiger partial charge is 0.303 e. The predicted octanol–water partition coefficient (Wildman–Crippen LogP) is 4.28. The molecule has 28 heavy (non-hydrogen) atoms. The van der Waals surface area contributed by atoms with E-state index in [1.165, 1.54) is 12.8 Å². The quantitative estimate of drug-likeness (QED) is 0.667. The van der Waals surface area contributed by atoms with Gasteiger partial charge in [-0.15, -0.1) is 5.10 Å². The van der Waals surface area contributed by atoms with Crippen LogP contribution in [0.25, 0.3) is 22.0 Å². The fraction of sp³-hybridized carbons (Fsp3) is 0.364. The number of aliphatic carboxylic acids is 1. The zero-order valence-corrected chi connectivity index (χ0v) is 15.9. The van der Waals surface area contributed by atoms with Gasteiger partial charge in [-0.2, -0.15) is 0 Å². The van der Waals surface area contributed by atoms with E-state index in [1.807, 2.05) is 36.4 Å². The van der Waals surface area contributed by atoms with Gasteiger partial charge in [0, 0.05) is 19.0 Å². The number of hydrogen-bond acceptors (Lipinski definition) is 4. The third kappa shape index (κ3) is 3.67. The summed E-state index contributed by atoms with van der Waals surface area (Å²) in [6.45, 7) is 0. The van der Waals surface area contributed by atoms with E-state index >= 15 is 0 Å². The Morgan fingerprint density at radius 3 is 2.75 bits per heavy atom. The molecule has 3 aromatic rings. The maximum Gasteiger partial charge on any atom is 0.303 e. The summed E-state index contributed by atoms with van der Waals surface area (Å²) in [5, 5.41) is 23.9. The molecule has 0 unspecified atom stereocenters. The zero-order chi connectivity index (χ0) is 19.7. The molecular weight excluding hydrogens is 356 g/mol. The Bertz CT molecular complexity index is 1020. The van der Waals surface area contributed by atoms with Crippen LogP contribution < -0.4 is 4.74 Å². The number of nitrogens with zero attached hydrogens (tertiary/aromatic N) is 2. The van der Waals surface area contributed by atoms with Gasteiger partial charge >= 0.3 is 5.97 Å². The highest BCUT2D eigenvalue weighted by molar-refractivity contribution is 5.90. The third-order valence-corrected chi connectivity index (χ3v) is 5.41. The van der Waals surface area contributed by atoms with E-state index in [2.05, 4.69) is 5.10 Å². The van der Waals surface area contributed by atoms with Crippen LogP contribution in [-0.2, 0) is 18.3 Å². The molecule has 0 spiro atoms. The van der Waals surface area contributed by atoms with Crippen molar-refractivity contribution in [3.8, 4) is 22.8 Å². The molecule has 1 aromatic heterocycles. The molecule has 1 aliphatic carbocycles. The van der Waals surface area contributed by atoms with Gasteiger partial charge in [-0.25, -0.2) is 0 Å². The van der Waals surface area contributed by atoms with Gasteiger partial charge < -0.3 is 14.9 Å². The molecule has 4 rings (SSSR count). The lowest BCUT2D eigenvalue weighted by atomic mass is 9.98. The lowest BCUT2D eigenvalue weighted by molar-refractivity contribution is -0.136. The predicted molar refractivity (Wildman–Crippen MR) is 107 cm³/mol. The van der Waals surface area contributed by atoms with Crippen LogP contribution in [0.4, 0.5) is 0 Å². The number of hydrogen-bond donors (Lipinski definition) is 2. The first kappa shape index (κ1) is 18.3. The SMILES string of the molecule is Cn1nc(O)c2cc(-c3cc(CCC(=O)O)ccc3OC3CCCC3)ccc21. The summed E-state index contributed by atoms with van der Waals surface area (Å²) in [5.74, 6) is -0.0112. The second-order valence-corrected chi connectivity index (χ2v) is 7.43. The summed E-state index contributed by atoms with van der Waals surface area (Å²) in [6.07, 6.45) is 5.26. The van der Waals surface area contributed by atoms with Gasteiger partial charge in [0.15, 0.2) is 0 Å². The molecular formula is C22H24N2O4. The van der Waals surface area contributed by atoms with Gasteiger partial charge in [-0.3, -0.25) is 9.48 Å². The first-order valence-corrected chi connectivity index (χ1v) is 9.69. The van der Waals surface area contributed by atoms with Crippen molar-refractivity contribution in [2.45, 2.75) is 44.6 Å². The average molecular weight is 380 g/mol. The van der Waals surface area contributed by atoms with Crippen LogP contribution >= 0.6 is 0 Å². The molecule has 2 aromatic carbocycles. The second kappa shape index (κ2) is 7.54. The molecule has 1 saturated carbocycles. The Hall–Kier alpha value is -3.02. The monoisotopic (exact) mass is 380 g/mol. The summed E-state index contributed by atoms with van der Waals surface area (Å²) >= 11 is 0. The molecule has 146 valence electrons. The van der Waals surface area contributed by atoms with E-state index < -0.39 is 5.97 Å². The number of rotatable bonds is 6. The summed E-state index contributed by atoms with van der Waals surface area (Å²) in [6, 6.07) is 11.7. The second-order valence-electron chi connectivity index (χ2n) is 7.43. The number of carbonyl (C=O) groups is 1. The van der Waals surface area contributed by atoms with Crippen molar-refractivity contribution < 1.29 is 19.7 Å². The van der Waals surface area contributed by atoms with Crippen molar-refractivity contribution >= 4 is 16.9 Å². The number of aryl methyl sites for hydroxylation is 2. The molecule has 0 radical (unpaired) electrons. The van der Waals surface area contributed by atoms with Crippen molar-refractivity contribution in [3.63, 3.8) is 0 Å². The van der Waals surface area contributed by atoms with E-state index in [9.17, 15) is 9.90 Å². The van der Waals surface area contributed by atoms with Crippen LogP contribution in [0.5, 0.6) is 11.6 Å². The van der Waals surface area contributed by atoms with Crippen LogP contribution in [0.3, 0.4) is 0 Å². The Balaban J connectivity index is 1.75. The van der Waals surface area contributed by atoms with Gasteiger partial charge in [0.25, 0.3) is 0 Å². The van der Waals surface area contributed by atoms with Crippen molar-refractivity contribution in [1.82, 2.24) is 9.78 Å². The fourth-order valence-electron chi connectivity index (χ4n) is 3.91. The van der Waals surface area contributed by atoms with E-state index in [1.54, 1.807) is 11.7 Å². The topological polar surface area (TPSA) is 84.6 Å². The minimum atomic E-state index is -0.811. The summed E-state index contributed by atoms with van der Waals surface area (Å²) in [7, 11) is 1.79. The minimum Gasteiger partial charge on any atom is -0.492 e. The van der Waals surface area contributed by atoms with E-state index in [0.717, 1.165) is 40.8 Å². The number of fused-ring (bicyclic) bond motifs is 1. The maximum atomic E-state index is 10.9. The molecule has 1 fully saturated rings. The highest BCUT2D eigenvalue weighted by atomic mass is 16.5. The number of aromatic hydroxyl groups is 1. The van der Waals surface area contributed by atoms with Gasteiger partial charge in [0.05, 0.1) is 17.0 Å².